The predicted molar refractivity (Wildman–Crippen MR) is 98.8 cm³/mol. The van der Waals surface area contributed by atoms with Gasteiger partial charge in [0, 0.05) is 38.8 Å². The van der Waals surface area contributed by atoms with E-state index in [1.807, 2.05) is 0 Å². The van der Waals surface area contributed by atoms with Gasteiger partial charge in [0.2, 0.25) is 5.91 Å². The van der Waals surface area contributed by atoms with Crippen LogP contribution in [0.25, 0.3) is 16.7 Å². The lowest BCUT2D eigenvalue weighted by atomic mass is 10.1. The van der Waals surface area contributed by atoms with E-state index in [0.717, 1.165) is 6.20 Å². The first-order valence-electron chi connectivity index (χ1n) is 9.15. The van der Waals surface area contributed by atoms with E-state index in [1.54, 1.807) is 11.8 Å². The molecule has 0 bridgehead atoms. The maximum atomic E-state index is 14.5. The second-order valence-corrected chi connectivity index (χ2v) is 6.59. The van der Waals surface area contributed by atoms with Gasteiger partial charge in [-0.1, -0.05) is 12.1 Å². The summed E-state index contributed by atoms with van der Waals surface area (Å²) in [5.41, 5.74) is 0.170. The Hall–Kier alpha value is -3.63. The highest BCUT2D eigenvalue weighted by molar-refractivity contribution is 6.45. The number of carbonyl (C=O) groups excluding carboxylic acids is 3. The molecular weight excluding hydrogens is 381 g/mol. The van der Waals surface area contributed by atoms with Crippen LogP contribution in [-0.4, -0.2) is 78.5 Å². The van der Waals surface area contributed by atoms with Crippen molar-refractivity contribution in [2.75, 3.05) is 26.2 Å². The van der Waals surface area contributed by atoms with Crippen LogP contribution in [0, 0.1) is 5.82 Å². The molecule has 4 rings (SSSR count). The van der Waals surface area contributed by atoms with Crippen LogP contribution in [0.3, 0.4) is 0 Å². The summed E-state index contributed by atoms with van der Waals surface area (Å²) in [5.74, 6) is -2.00. The third-order valence-electron chi connectivity index (χ3n) is 4.94. The van der Waals surface area contributed by atoms with E-state index in [1.165, 1.54) is 28.2 Å². The lowest BCUT2D eigenvalue weighted by Gasteiger charge is -2.34. The molecule has 3 aromatic rings. The number of amides is 2. The number of fused-ring (bicyclic) bond motifs is 1. The topological polar surface area (TPSA) is 117 Å². The number of aromatic amines is 1. The Morgan fingerprint density at radius 1 is 1.17 bits per heavy atom. The van der Waals surface area contributed by atoms with E-state index in [2.05, 4.69) is 20.3 Å². The number of Topliss-reactive ketones (excluding diaryl/α,β-unsaturated/α-hetero) is 1. The lowest BCUT2D eigenvalue weighted by molar-refractivity contribution is -0.137. The van der Waals surface area contributed by atoms with Crippen LogP contribution in [0.4, 0.5) is 4.39 Å². The first-order valence-corrected chi connectivity index (χ1v) is 9.15. The summed E-state index contributed by atoms with van der Waals surface area (Å²) in [4.78, 5) is 47.2. The Bertz CT molecular complexity index is 1080. The Morgan fingerprint density at radius 2 is 1.90 bits per heavy atom. The maximum absolute atomic E-state index is 14.5. The molecule has 0 saturated carbocycles. The highest BCUT2D eigenvalue weighted by Crippen LogP contribution is 2.26. The summed E-state index contributed by atoms with van der Waals surface area (Å²) in [5, 5.41) is 7.50. The molecule has 150 valence electrons. The molecule has 1 aliphatic heterocycles. The molecule has 10 nitrogen and oxygen atoms in total. The zero-order chi connectivity index (χ0) is 20.5. The highest BCUT2D eigenvalue weighted by Gasteiger charge is 2.30. The summed E-state index contributed by atoms with van der Waals surface area (Å²) in [7, 11) is 0. The molecule has 1 N–H and O–H groups in total. The number of halogens is 1. The minimum absolute atomic E-state index is 0.00951. The molecule has 0 unspecified atom stereocenters. The van der Waals surface area contributed by atoms with Gasteiger partial charge in [0.1, 0.15) is 0 Å². The van der Waals surface area contributed by atoms with E-state index in [9.17, 15) is 18.8 Å². The number of nitrogens with one attached hydrogen (secondary N) is 1. The average molecular weight is 399 g/mol. The number of aromatic nitrogens is 5. The van der Waals surface area contributed by atoms with Gasteiger partial charge in [-0.15, -0.1) is 5.10 Å². The monoisotopic (exact) mass is 399 g/mol. The van der Waals surface area contributed by atoms with Crippen LogP contribution in [0.15, 0.2) is 24.8 Å². The fourth-order valence-electron chi connectivity index (χ4n) is 3.41. The smallest absolute Gasteiger partial charge is 0.295 e. The normalized spacial score (nSPS) is 14.4. The third kappa shape index (κ3) is 3.24. The number of piperazine rings is 1. The van der Waals surface area contributed by atoms with Gasteiger partial charge in [-0.2, -0.15) is 0 Å². The molecule has 2 amide bonds. The number of carbonyl (C=O) groups is 3. The third-order valence-corrected chi connectivity index (χ3v) is 4.94. The Labute approximate surface area is 164 Å². The lowest BCUT2D eigenvalue weighted by Crippen LogP contribution is -2.52. The summed E-state index contributed by atoms with van der Waals surface area (Å²) in [6.07, 6.45) is 5.64. The summed E-state index contributed by atoms with van der Waals surface area (Å²) in [6.45, 7) is 3.03. The molecule has 29 heavy (non-hydrogen) atoms. The van der Waals surface area contributed by atoms with Gasteiger partial charge in [0.05, 0.1) is 35.1 Å². The fourth-order valence-corrected chi connectivity index (χ4v) is 3.41. The van der Waals surface area contributed by atoms with Crippen molar-refractivity contribution in [1.29, 1.82) is 0 Å². The molecule has 11 heteroatoms. The van der Waals surface area contributed by atoms with E-state index in [4.69, 9.17) is 0 Å². The Kier molecular flexibility index (Phi) is 4.79. The highest BCUT2D eigenvalue weighted by atomic mass is 19.1. The van der Waals surface area contributed by atoms with Crippen molar-refractivity contribution in [2.24, 2.45) is 0 Å². The SMILES string of the molecule is CCC(=O)N1CCN(C(=O)C(=O)c2c[nH]c3c(-n4ccnn4)ncc(F)c23)CC1. The molecule has 4 heterocycles. The van der Waals surface area contributed by atoms with Gasteiger partial charge >= 0.3 is 0 Å². The summed E-state index contributed by atoms with van der Waals surface area (Å²) >= 11 is 0. The Morgan fingerprint density at radius 3 is 2.55 bits per heavy atom. The number of hydrogen-bond acceptors (Lipinski definition) is 6. The van der Waals surface area contributed by atoms with Crippen LogP contribution in [0.2, 0.25) is 0 Å². The van der Waals surface area contributed by atoms with Crippen LogP contribution >= 0.6 is 0 Å². The van der Waals surface area contributed by atoms with Crippen molar-refractivity contribution < 1.29 is 18.8 Å². The minimum atomic E-state index is -0.818. The minimum Gasteiger partial charge on any atom is -0.357 e. The van der Waals surface area contributed by atoms with Crippen molar-refractivity contribution in [1.82, 2.24) is 34.8 Å². The maximum Gasteiger partial charge on any atom is 0.295 e. The molecule has 0 atom stereocenters. The van der Waals surface area contributed by atoms with Crippen molar-refractivity contribution in [3.63, 3.8) is 0 Å². The van der Waals surface area contributed by atoms with E-state index in [-0.39, 0.29) is 41.3 Å². The number of pyridine rings is 1. The zero-order valence-electron chi connectivity index (χ0n) is 15.6. The van der Waals surface area contributed by atoms with Gasteiger partial charge in [-0.3, -0.25) is 14.4 Å². The van der Waals surface area contributed by atoms with Gasteiger partial charge in [-0.25, -0.2) is 14.1 Å². The van der Waals surface area contributed by atoms with Gasteiger partial charge in [-0.05, 0) is 0 Å². The molecular formula is C18H18FN7O3. The van der Waals surface area contributed by atoms with Crippen LogP contribution in [-0.2, 0) is 9.59 Å². The summed E-state index contributed by atoms with van der Waals surface area (Å²) < 4.78 is 15.8. The number of rotatable bonds is 4. The van der Waals surface area contributed by atoms with E-state index >= 15 is 0 Å². The van der Waals surface area contributed by atoms with E-state index in [0.29, 0.717) is 19.5 Å². The van der Waals surface area contributed by atoms with Crippen molar-refractivity contribution in [2.45, 2.75) is 13.3 Å². The molecule has 1 fully saturated rings. The molecule has 0 aliphatic carbocycles. The molecule has 1 saturated heterocycles. The fraction of sp³-hybridized carbons (Fsp3) is 0.333. The largest absolute Gasteiger partial charge is 0.357 e. The number of H-pyrrole nitrogens is 1. The van der Waals surface area contributed by atoms with Gasteiger partial charge in [0.15, 0.2) is 11.6 Å². The Balaban J connectivity index is 1.60. The number of nitrogens with zero attached hydrogens (tertiary/aromatic N) is 6. The van der Waals surface area contributed by atoms with Crippen LogP contribution in [0.5, 0.6) is 0 Å². The quantitative estimate of drug-likeness (QED) is 0.506. The molecule has 0 radical (unpaired) electrons. The van der Waals surface area contributed by atoms with Crippen molar-refractivity contribution >= 4 is 28.5 Å². The van der Waals surface area contributed by atoms with Crippen LogP contribution < -0.4 is 0 Å². The van der Waals surface area contributed by atoms with Gasteiger partial charge in [0.25, 0.3) is 11.7 Å². The second-order valence-electron chi connectivity index (χ2n) is 6.59. The molecule has 3 aromatic heterocycles. The zero-order valence-corrected chi connectivity index (χ0v) is 15.6. The van der Waals surface area contributed by atoms with Crippen molar-refractivity contribution in [3.05, 3.63) is 36.2 Å². The van der Waals surface area contributed by atoms with E-state index < -0.39 is 17.5 Å². The average Bonchev–Trinajstić information content (AvgIpc) is 3.43. The second kappa shape index (κ2) is 7.41. The standard InChI is InChI=1S/C18H18FN7O3/c1-2-13(27)24-5-7-25(8-6-24)18(29)16(28)11-9-20-15-14(11)12(19)10-21-17(15)26-4-3-22-23-26/h3-4,9-10,20H,2,5-8H2,1H3. The summed E-state index contributed by atoms with van der Waals surface area (Å²) in [6, 6.07) is 0. The van der Waals surface area contributed by atoms with Crippen molar-refractivity contribution in [3.8, 4) is 5.82 Å². The molecule has 0 spiro atoms. The number of hydrogen-bond donors (Lipinski definition) is 1. The molecule has 0 aromatic carbocycles. The number of ketones is 1. The first kappa shape index (κ1) is 18.7. The first-order chi connectivity index (χ1) is 14.0. The van der Waals surface area contributed by atoms with Gasteiger partial charge < -0.3 is 14.8 Å². The van der Waals surface area contributed by atoms with Crippen LogP contribution in [0.1, 0.15) is 23.7 Å². The molecule has 1 aliphatic rings. The predicted octanol–water partition coefficient (Wildman–Crippen LogP) is 0.546.